The number of hydrogen-bond acceptors (Lipinski definition) is 4. The molecule has 1 fully saturated rings. The minimum atomic E-state index is -0.903. The molecule has 0 bridgehead atoms. The van der Waals surface area contributed by atoms with Gasteiger partial charge in [0.15, 0.2) is 0 Å². The average molecular weight is 236 g/mol. The third-order valence-corrected chi connectivity index (χ3v) is 2.85. The lowest BCUT2D eigenvalue weighted by atomic mass is 9.99. The van der Waals surface area contributed by atoms with Crippen molar-refractivity contribution in [2.45, 2.75) is 12.0 Å². The van der Waals surface area contributed by atoms with Gasteiger partial charge in [0.25, 0.3) is 0 Å². The first-order chi connectivity index (χ1) is 8.14. The molecule has 1 atom stereocenters. The molecule has 2 rings (SSSR count). The first-order valence-corrected chi connectivity index (χ1v) is 5.46. The third-order valence-electron chi connectivity index (χ3n) is 2.85. The molecule has 92 valence electrons. The van der Waals surface area contributed by atoms with E-state index in [2.05, 4.69) is 5.32 Å². The van der Waals surface area contributed by atoms with E-state index in [0.29, 0.717) is 18.7 Å². The van der Waals surface area contributed by atoms with Gasteiger partial charge in [-0.05, 0) is 30.7 Å². The second kappa shape index (κ2) is 4.73. The number of carbonyl (C=O) groups excluding carboxylic acids is 1. The highest BCUT2D eigenvalue weighted by molar-refractivity contribution is 5.98. The number of carbonyl (C=O) groups is 1. The molecule has 0 spiro atoms. The summed E-state index contributed by atoms with van der Waals surface area (Å²) < 4.78 is 10.2. The fraction of sp³-hybridized carbons (Fsp3) is 0.417. The molecule has 0 aromatic heterocycles. The Bertz CT molecular complexity index is 397. The van der Waals surface area contributed by atoms with E-state index in [4.69, 9.17) is 15.2 Å². The Balaban J connectivity index is 2.02. The monoisotopic (exact) mass is 236 g/mol. The Kier molecular flexibility index (Phi) is 3.31. The van der Waals surface area contributed by atoms with E-state index in [1.54, 1.807) is 31.4 Å². The Hall–Kier alpha value is -1.59. The van der Waals surface area contributed by atoms with Crippen LogP contribution in [0.4, 0.5) is 5.69 Å². The van der Waals surface area contributed by atoms with Gasteiger partial charge in [0.1, 0.15) is 11.3 Å². The quantitative estimate of drug-likeness (QED) is 0.812. The topological polar surface area (TPSA) is 73.6 Å². The standard InChI is InChI=1S/C12H16N2O3/c1-16-10-4-2-9(3-5-10)14-11(15)12(13)6-7-17-8-12/h2-5H,6-8,13H2,1H3,(H,14,15). The molecule has 5 nitrogen and oxygen atoms in total. The fourth-order valence-corrected chi connectivity index (χ4v) is 1.69. The molecule has 1 heterocycles. The van der Waals surface area contributed by atoms with Gasteiger partial charge >= 0.3 is 0 Å². The van der Waals surface area contributed by atoms with Crippen LogP contribution in [0.3, 0.4) is 0 Å². The molecule has 0 radical (unpaired) electrons. The zero-order valence-electron chi connectivity index (χ0n) is 9.73. The van der Waals surface area contributed by atoms with Crippen LogP contribution in [0.2, 0.25) is 0 Å². The van der Waals surface area contributed by atoms with Crippen molar-refractivity contribution in [2.24, 2.45) is 5.73 Å². The normalized spacial score (nSPS) is 23.4. The van der Waals surface area contributed by atoms with Crippen molar-refractivity contribution in [2.75, 3.05) is 25.6 Å². The van der Waals surface area contributed by atoms with Crippen LogP contribution in [-0.4, -0.2) is 31.8 Å². The highest BCUT2D eigenvalue weighted by atomic mass is 16.5. The Morgan fingerprint density at radius 2 is 2.18 bits per heavy atom. The van der Waals surface area contributed by atoms with Gasteiger partial charge in [-0.15, -0.1) is 0 Å². The summed E-state index contributed by atoms with van der Waals surface area (Å²) in [7, 11) is 1.60. The lowest BCUT2D eigenvalue weighted by Crippen LogP contribution is -2.51. The first kappa shape index (κ1) is 11.9. The number of nitrogens with one attached hydrogen (secondary N) is 1. The molecular weight excluding hydrogens is 220 g/mol. The van der Waals surface area contributed by atoms with Crippen LogP contribution in [0, 0.1) is 0 Å². The molecule has 1 unspecified atom stereocenters. The molecule has 5 heteroatoms. The second-order valence-corrected chi connectivity index (χ2v) is 4.14. The van der Waals surface area contributed by atoms with Gasteiger partial charge < -0.3 is 20.5 Å². The molecule has 3 N–H and O–H groups in total. The van der Waals surface area contributed by atoms with Crippen molar-refractivity contribution in [3.8, 4) is 5.75 Å². The third kappa shape index (κ3) is 2.57. The number of anilines is 1. The molecule has 1 aromatic carbocycles. The number of rotatable bonds is 3. The SMILES string of the molecule is COc1ccc(NC(=O)C2(N)CCOC2)cc1. The van der Waals surface area contributed by atoms with Gasteiger partial charge in [0.2, 0.25) is 5.91 Å². The molecule has 1 saturated heterocycles. The van der Waals surface area contributed by atoms with Crippen molar-refractivity contribution in [3.63, 3.8) is 0 Å². The zero-order chi connectivity index (χ0) is 12.3. The number of nitrogens with two attached hydrogens (primary N) is 1. The van der Waals surface area contributed by atoms with E-state index in [1.807, 2.05) is 0 Å². The summed E-state index contributed by atoms with van der Waals surface area (Å²) in [4.78, 5) is 11.9. The summed E-state index contributed by atoms with van der Waals surface area (Å²) in [6.45, 7) is 0.807. The van der Waals surface area contributed by atoms with E-state index in [1.165, 1.54) is 0 Å². The predicted octanol–water partition coefficient (Wildman–Crippen LogP) is 0.751. The summed E-state index contributed by atoms with van der Waals surface area (Å²) in [5, 5.41) is 2.78. The van der Waals surface area contributed by atoms with Crippen LogP contribution in [0.1, 0.15) is 6.42 Å². The van der Waals surface area contributed by atoms with Crippen LogP contribution in [0.5, 0.6) is 5.75 Å². The van der Waals surface area contributed by atoms with E-state index < -0.39 is 5.54 Å². The maximum atomic E-state index is 11.9. The predicted molar refractivity (Wildman–Crippen MR) is 64.0 cm³/mol. The van der Waals surface area contributed by atoms with E-state index in [0.717, 1.165) is 5.75 Å². The van der Waals surface area contributed by atoms with Crippen LogP contribution in [-0.2, 0) is 9.53 Å². The summed E-state index contributed by atoms with van der Waals surface area (Å²) in [6.07, 6.45) is 0.551. The average Bonchev–Trinajstić information content (AvgIpc) is 2.78. The molecular formula is C12H16N2O3. The lowest BCUT2D eigenvalue weighted by molar-refractivity contribution is -0.121. The van der Waals surface area contributed by atoms with Crippen molar-refractivity contribution in [1.29, 1.82) is 0 Å². The summed E-state index contributed by atoms with van der Waals surface area (Å²) in [5.74, 6) is 0.537. The summed E-state index contributed by atoms with van der Waals surface area (Å²) >= 11 is 0. The molecule has 1 amide bonds. The number of amides is 1. The summed E-state index contributed by atoms with van der Waals surface area (Å²) in [5.41, 5.74) is 5.74. The molecule has 0 aliphatic carbocycles. The number of methoxy groups -OCH3 is 1. The van der Waals surface area contributed by atoms with E-state index in [9.17, 15) is 4.79 Å². The Morgan fingerprint density at radius 3 is 2.71 bits per heavy atom. The van der Waals surface area contributed by atoms with Gasteiger partial charge in [-0.3, -0.25) is 4.79 Å². The molecule has 17 heavy (non-hydrogen) atoms. The van der Waals surface area contributed by atoms with Crippen molar-refractivity contribution in [1.82, 2.24) is 0 Å². The minimum Gasteiger partial charge on any atom is -0.497 e. The highest BCUT2D eigenvalue weighted by Gasteiger charge is 2.38. The maximum absolute atomic E-state index is 11.9. The van der Waals surface area contributed by atoms with Gasteiger partial charge in [0.05, 0.1) is 13.7 Å². The molecule has 0 saturated carbocycles. The van der Waals surface area contributed by atoms with Crippen LogP contribution < -0.4 is 15.8 Å². The van der Waals surface area contributed by atoms with Crippen LogP contribution in [0.25, 0.3) is 0 Å². The second-order valence-electron chi connectivity index (χ2n) is 4.14. The molecule has 1 aliphatic heterocycles. The van der Waals surface area contributed by atoms with Crippen molar-refractivity contribution < 1.29 is 14.3 Å². The van der Waals surface area contributed by atoms with Gasteiger partial charge in [0, 0.05) is 12.3 Å². The fourth-order valence-electron chi connectivity index (χ4n) is 1.69. The maximum Gasteiger partial charge on any atom is 0.246 e. The largest absolute Gasteiger partial charge is 0.497 e. The van der Waals surface area contributed by atoms with E-state index in [-0.39, 0.29) is 12.5 Å². The Labute approximate surface area is 99.9 Å². The smallest absolute Gasteiger partial charge is 0.246 e. The number of hydrogen-bond donors (Lipinski definition) is 2. The van der Waals surface area contributed by atoms with Crippen LogP contribution >= 0.6 is 0 Å². The van der Waals surface area contributed by atoms with Crippen LogP contribution in [0.15, 0.2) is 24.3 Å². The van der Waals surface area contributed by atoms with Gasteiger partial charge in [-0.25, -0.2) is 0 Å². The summed E-state index contributed by atoms with van der Waals surface area (Å²) in [6, 6.07) is 7.11. The zero-order valence-corrected chi connectivity index (χ0v) is 9.73. The first-order valence-electron chi connectivity index (χ1n) is 5.46. The van der Waals surface area contributed by atoms with Gasteiger partial charge in [-0.2, -0.15) is 0 Å². The highest BCUT2D eigenvalue weighted by Crippen LogP contribution is 2.20. The van der Waals surface area contributed by atoms with Gasteiger partial charge in [-0.1, -0.05) is 0 Å². The molecule has 1 aliphatic rings. The lowest BCUT2D eigenvalue weighted by Gasteiger charge is -2.20. The van der Waals surface area contributed by atoms with Crippen molar-refractivity contribution >= 4 is 11.6 Å². The van der Waals surface area contributed by atoms with Crippen molar-refractivity contribution in [3.05, 3.63) is 24.3 Å². The number of ether oxygens (including phenoxy) is 2. The Morgan fingerprint density at radius 1 is 1.47 bits per heavy atom. The molecule has 1 aromatic rings. The minimum absolute atomic E-state index is 0.208. The van der Waals surface area contributed by atoms with E-state index >= 15 is 0 Å². The number of benzene rings is 1.